The van der Waals surface area contributed by atoms with Gasteiger partial charge in [-0.3, -0.25) is 14.5 Å². The van der Waals surface area contributed by atoms with Crippen molar-refractivity contribution in [3.63, 3.8) is 0 Å². The molecular weight excluding hydrogens is 471 g/mol. The van der Waals surface area contributed by atoms with Crippen LogP contribution in [0.4, 0.5) is 13.2 Å². The maximum atomic E-state index is 13.3. The van der Waals surface area contributed by atoms with E-state index in [-0.39, 0.29) is 11.6 Å². The van der Waals surface area contributed by atoms with E-state index in [0.717, 1.165) is 36.8 Å². The number of hydrogen-bond donors (Lipinski definition) is 1. The fourth-order valence-electron chi connectivity index (χ4n) is 6.57. The van der Waals surface area contributed by atoms with E-state index in [1.807, 2.05) is 26.1 Å². The lowest BCUT2D eigenvalue weighted by atomic mass is 9.81. The van der Waals surface area contributed by atoms with E-state index in [0.29, 0.717) is 50.3 Å². The highest BCUT2D eigenvalue weighted by molar-refractivity contribution is 5.99. The molecular formula is C27H32F3N3O3. The highest BCUT2D eigenvalue weighted by Gasteiger charge is 2.48. The van der Waals surface area contributed by atoms with Crippen LogP contribution in [0.15, 0.2) is 30.3 Å². The summed E-state index contributed by atoms with van der Waals surface area (Å²) in [5, 5.41) is 11.0. The number of Topliss-reactive ketones (excluding diaryl/α,β-unsaturated/α-hetero) is 1. The number of nitrogens with zero attached hydrogens (tertiary/aromatic N) is 3. The molecule has 1 aromatic heterocycles. The molecule has 1 amide bonds. The number of benzene rings is 1. The summed E-state index contributed by atoms with van der Waals surface area (Å²) in [5.74, 6) is -1.90. The van der Waals surface area contributed by atoms with E-state index < -0.39 is 23.1 Å². The Morgan fingerprint density at radius 3 is 2.22 bits per heavy atom. The number of carbonyl (C=O) groups is 2. The van der Waals surface area contributed by atoms with Crippen molar-refractivity contribution < 1.29 is 27.9 Å². The molecule has 9 heteroatoms. The van der Waals surface area contributed by atoms with Gasteiger partial charge in [0.2, 0.25) is 0 Å². The largest absolute Gasteiger partial charge is 0.456 e. The highest BCUT2D eigenvalue weighted by atomic mass is 19.4. The summed E-state index contributed by atoms with van der Waals surface area (Å²) in [4.78, 5) is 29.3. The van der Waals surface area contributed by atoms with Gasteiger partial charge in [-0.25, -0.2) is 0 Å². The first-order valence-electron chi connectivity index (χ1n) is 12.6. The van der Waals surface area contributed by atoms with Crippen LogP contribution in [-0.4, -0.2) is 64.0 Å². The second-order valence-corrected chi connectivity index (χ2v) is 10.6. The van der Waals surface area contributed by atoms with Crippen LogP contribution in [-0.2, 0) is 17.7 Å². The molecule has 0 unspecified atom stereocenters. The molecule has 0 bridgehead atoms. The zero-order valence-electron chi connectivity index (χ0n) is 20.7. The lowest BCUT2D eigenvalue weighted by Gasteiger charge is -2.50. The first-order chi connectivity index (χ1) is 17.0. The summed E-state index contributed by atoms with van der Waals surface area (Å²) in [6.07, 6.45) is -0.318. The SMILES string of the molecule is Cc1cc(C(=O)N2CCC3(CC2)c2ccc(C(=O)C(F)(F)F)n2CCN3C)ccc1C1(O)CCCC1. The van der Waals surface area contributed by atoms with E-state index in [1.54, 1.807) is 17.0 Å². The number of aryl methyl sites for hydroxylation is 1. The number of likely N-dealkylation sites (tertiary alicyclic amines) is 1. The number of amides is 1. The van der Waals surface area contributed by atoms with Crippen molar-refractivity contribution in [1.29, 1.82) is 0 Å². The second-order valence-electron chi connectivity index (χ2n) is 10.6. The molecule has 2 aliphatic heterocycles. The van der Waals surface area contributed by atoms with Gasteiger partial charge in [0.25, 0.3) is 11.7 Å². The van der Waals surface area contributed by atoms with Crippen molar-refractivity contribution in [3.05, 3.63) is 58.4 Å². The predicted octanol–water partition coefficient (Wildman–Crippen LogP) is 4.38. The molecule has 1 aromatic carbocycles. The number of likely N-dealkylation sites (N-methyl/N-ethyl adjacent to an activating group) is 1. The maximum absolute atomic E-state index is 13.3. The molecule has 2 fully saturated rings. The summed E-state index contributed by atoms with van der Waals surface area (Å²) < 4.78 is 40.9. The Morgan fingerprint density at radius 1 is 0.944 bits per heavy atom. The predicted molar refractivity (Wildman–Crippen MR) is 128 cm³/mol. The van der Waals surface area contributed by atoms with Crippen molar-refractivity contribution in [1.82, 2.24) is 14.4 Å². The molecule has 6 nitrogen and oxygen atoms in total. The Kier molecular flexibility index (Phi) is 6.07. The van der Waals surface area contributed by atoms with Crippen LogP contribution in [0.2, 0.25) is 0 Å². The first-order valence-corrected chi connectivity index (χ1v) is 12.6. The van der Waals surface area contributed by atoms with Crippen LogP contribution in [0.25, 0.3) is 0 Å². The van der Waals surface area contributed by atoms with Crippen LogP contribution in [0.5, 0.6) is 0 Å². The van der Waals surface area contributed by atoms with Crippen LogP contribution >= 0.6 is 0 Å². The minimum absolute atomic E-state index is 0.0836. The number of halogens is 3. The van der Waals surface area contributed by atoms with Gasteiger partial charge in [-0.15, -0.1) is 0 Å². The third kappa shape index (κ3) is 3.96. The molecule has 1 N–H and O–H groups in total. The quantitative estimate of drug-likeness (QED) is 0.632. The Bertz CT molecular complexity index is 1190. The van der Waals surface area contributed by atoms with Crippen LogP contribution in [0, 0.1) is 6.92 Å². The molecule has 2 aromatic rings. The monoisotopic (exact) mass is 503 g/mol. The number of carbonyl (C=O) groups excluding carboxylic acids is 2. The van der Waals surface area contributed by atoms with E-state index >= 15 is 0 Å². The number of alkyl halides is 3. The molecule has 0 atom stereocenters. The van der Waals surface area contributed by atoms with E-state index in [4.69, 9.17) is 0 Å². The number of aliphatic hydroxyl groups is 1. The number of rotatable bonds is 3. The average molecular weight is 504 g/mol. The van der Waals surface area contributed by atoms with E-state index in [2.05, 4.69) is 4.90 Å². The van der Waals surface area contributed by atoms with Crippen molar-refractivity contribution in [2.24, 2.45) is 0 Å². The molecule has 36 heavy (non-hydrogen) atoms. The zero-order valence-corrected chi connectivity index (χ0v) is 20.7. The molecule has 5 rings (SSSR count). The molecule has 3 aliphatic rings. The van der Waals surface area contributed by atoms with Crippen LogP contribution in [0.1, 0.15) is 76.2 Å². The number of fused-ring (bicyclic) bond motifs is 2. The minimum Gasteiger partial charge on any atom is -0.385 e. The second kappa shape index (κ2) is 8.73. The first kappa shape index (κ1) is 25.0. The van der Waals surface area contributed by atoms with Gasteiger partial charge in [0.05, 0.1) is 16.8 Å². The number of aromatic nitrogens is 1. The molecule has 1 saturated carbocycles. The third-order valence-corrected chi connectivity index (χ3v) is 8.62. The summed E-state index contributed by atoms with van der Waals surface area (Å²) in [5.41, 5.74) is 1.44. The van der Waals surface area contributed by atoms with Crippen molar-refractivity contribution in [2.45, 2.75) is 69.3 Å². The van der Waals surface area contributed by atoms with Gasteiger partial charge in [-0.05, 0) is 75.0 Å². The standard InChI is InChI=1S/C27H32F3N3O3/c1-18-17-19(5-6-20(18)26(36)9-3-4-10-26)24(35)32-13-11-25(12-14-32)22-8-7-21(23(34)27(28,29)30)33(22)16-15-31(25)2/h5-8,17,36H,3-4,9-16H2,1-2H3. The zero-order chi connectivity index (χ0) is 25.9. The van der Waals surface area contributed by atoms with Gasteiger partial charge in [0.15, 0.2) is 0 Å². The Labute approximate surface area is 208 Å². The van der Waals surface area contributed by atoms with Crippen molar-refractivity contribution in [3.8, 4) is 0 Å². The Hall–Kier alpha value is -2.65. The molecule has 1 spiro atoms. The number of piperidine rings is 1. The summed E-state index contributed by atoms with van der Waals surface area (Å²) in [6.45, 7) is 3.69. The van der Waals surface area contributed by atoms with Crippen molar-refractivity contribution >= 4 is 11.7 Å². The third-order valence-electron chi connectivity index (χ3n) is 8.62. The number of ketones is 1. The van der Waals surface area contributed by atoms with Gasteiger partial charge in [0, 0.05) is 37.4 Å². The highest BCUT2D eigenvalue weighted by Crippen LogP contribution is 2.43. The van der Waals surface area contributed by atoms with Gasteiger partial charge in [-0.2, -0.15) is 13.2 Å². The summed E-state index contributed by atoms with van der Waals surface area (Å²) in [7, 11) is 1.95. The Morgan fingerprint density at radius 2 is 1.61 bits per heavy atom. The average Bonchev–Trinajstić information content (AvgIpc) is 3.48. The summed E-state index contributed by atoms with van der Waals surface area (Å²) >= 11 is 0. The fraction of sp³-hybridized carbons (Fsp3) is 0.556. The molecule has 0 radical (unpaired) electrons. The van der Waals surface area contributed by atoms with Gasteiger partial charge in [0.1, 0.15) is 0 Å². The van der Waals surface area contributed by atoms with Gasteiger partial charge in [-0.1, -0.05) is 18.9 Å². The summed E-state index contributed by atoms with van der Waals surface area (Å²) in [6, 6.07) is 8.44. The molecule has 1 aliphatic carbocycles. The van der Waals surface area contributed by atoms with Crippen LogP contribution in [0.3, 0.4) is 0 Å². The molecule has 1 saturated heterocycles. The maximum Gasteiger partial charge on any atom is 0.456 e. The van der Waals surface area contributed by atoms with E-state index in [1.165, 1.54) is 10.6 Å². The van der Waals surface area contributed by atoms with E-state index in [9.17, 15) is 27.9 Å². The number of hydrogen-bond acceptors (Lipinski definition) is 4. The molecule has 3 heterocycles. The minimum atomic E-state index is -4.91. The van der Waals surface area contributed by atoms with Crippen LogP contribution < -0.4 is 0 Å². The van der Waals surface area contributed by atoms with Gasteiger partial charge < -0.3 is 14.6 Å². The Balaban J connectivity index is 1.34. The van der Waals surface area contributed by atoms with Crippen molar-refractivity contribution in [2.75, 3.05) is 26.7 Å². The lowest BCUT2D eigenvalue weighted by molar-refractivity contribution is -0.0892. The normalized spacial score (nSPS) is 21.6. The van der Waals surface area contributed by atoms with Gasteiger partial charge >= 0.3 is 6.18 Å². The topological polar surface area (TPSA) is 65.8 Å². The fourth-order valence-corrected chi connectivity index (χ4v) is 6.57. The molecule has 194 valence electrons. The lowest BCUT2D eigenvalue weighted by Crippen LogP contribution is -2.56. The smallest absolute Gasteiger partial charge is 0.385 e.